The maximum Gasteiger partial charge on any atom is 0.0803 e. The van der Waals surface area contributed by atoms with Crippen LogP contribution in [-0.2, 0) is 0 Å². The van der Waals surface area contributed by atoms with Gasteiger partial charge in [0, 0.05) is 22.7 Å². The molecule has 0 bridgehead atoms. The van der Waals surface area contributed by atoms with E-state index in [1.54, 1.807) is 0 Å². The van der Waals surface area contributed by atoms with Crippen LogP contribution in [0.3, 0.4) is 0 Å². The number of aryl methyl sites for hydroxylation is 1. The molecule has 0 saturated heterocycles. The fourth-order valence-electron chi connectivity index (χ4n) is 2.00. The van der Waals surface area contributed by atoms with Gasteiger partial charge in [-0.2, -0.15) is 0 Å². The standard InChI is InChI=1S/C12H10N2/c1-7-5-11-9(3-4-13-11)12-10(7)6-8(2)14-12/h3-6H,1-2H3. The summed E-state index contributed by atoms with van der Waals surface area (Å²) in [5.41, 5.74) is 4.59. The normalized spacial score (nSPS) is 15.7. The first-order valence-corrected chi connectivity index (χ1v) is 4.71. The third kappa shape index (κ3) is 0.854. The second-order valence-corrected chi connectivity index (χ2v) is 3.73. The number of rotatable bonds is 0. The molecule has 2 aliphatic heterocycles. The highest BCUT2D eigenvalue weighted by Gasteiger charge is 2.12. The molecule has 68 valence electrons. The van der Waals surface area contributed by atoms with Crippen LogP contribution in [0.4, 0.5) is 5.69 Å². The largest absolute Gasteiger partial charge is 0.256 e. The molecule has 0 radical (unpaired) electrons. The number of fused-ring (bicyclic) bond motifs is 3. The predicted molar refractivity (Wildman–Crippen MR) is 58.2 cm³/mol. The molecule has 2 aliphatic rings. The van der Waals surface area contributed by atoms with Gasteiger partial charge in [0.2, 0.25) is 0 Å². The summed E-state index contributed by atoms with van der Waals surface area (Å²) in [6.07, 6.45) is 6.01. The van der Waals surface area contributed by atoms with Crippen molar-refractivity contribution in [3.05, 3.63) is 34.0 Å². The maximum absolute atomic E-state index is 4.53. The molecule has 0 atom stereocenters. The summed E-state index contributed by atoms with van der Waals surface area (Å²) in [4.78, 5) is 8.83. The summed E-state index contributed by atoms with van der Waals surface area (Å²) < 4.78 is 0. The van der Waals surface area contributed by atoms with Gasteiger partial charge in [-0.3, -0.25) is 9.98 Å². The molecule has 3 rings (SSSR count). The average molecular weight is 182 g/mol. The zero-order chi connectivity index (χ0) is 9.71. The molecule has 0 unspecified atom stereocenters. The minimum absolute atomic E-state index is 1.05. The minimum Gasteiger partial charge on any atom is -0.256 e. The Balaban J connectivity index is 2.53. The van der Waals surface area contributed by atoms with Crippen molar-refractivity contribution in [3.8, 4) is 0 Å². The molecule has 1 aromatic carbocycles. The van der Waals surface area contributed by atoms with Crippen molar-refractivity contribution in [1.82, 2.24) is 0 Å². The van der Waals surface area contributed by atoms with Gasteiger partial charge in [-0.15, -0.1) is 0 Å². The lowest BCUT2D eigenvalue weighted by Crippen LogP contribution is -2.14. The quantitative estimate of drug-likeness (QED) is 0.580. The summed E-state index contributed by atoms with van der Waals surface area (Å²) >= 11 is 0. The molecule has 0 aromatic heterocycles. The van der Waals surface area contributed by atoms with Gasteiger partial charge in [0.05, 0.1) is 11.0 Å². The van der Waals surface area contributed by atoms with Crippen molar-refractivity contribution >= 4 is 23.6 Å². The topological polar surface area (TPSA) is 24.7 Å². The third-order valence-electron chi connectivity index (χ3n) is 2.66. The molecule has 0 saturated carbocycles. The Hall–Kier alpha value is -1.70. The van der Waals surface area contributed by atoms with Gasteiger partial charge in [0.15, 0.2) is 0 Å². The highest BCUT2D eigenvalue weighted by atomic mass is 14.8. The number of nitrogens with zero attached hydrogens (tertiary/aromatic N) is 2. The Labute approximate surface area is 82.0 Å². The first-order chi connectivity index (χ1) is 6.75. The fraction of sp³-hybridized carbons (Fsp3) is 0.167. The molecular weight excluding hydrogens is 172 g/mol. The Kier molecular flexibility index (Phi) is 1.32. The average Bonchev–Trinajstić information content (AvgIpc) is 2.69. The van der Waals surface area contributed by atoms with Crippen molar-refractivity contribution in [1.29, 1.82) is 0 Å². The van der Waals surface area contributed by atoms with Crippen LogP contribution in [0, 0.1) is 6.92 Å². The van der Waals surface area contributed by atoms with Gasteiger partial charge >= 0.3 is 0 Å². The van der Waals surface area contributed by atoms with Crippen LogP contribution in [0.1, 0.15) is 18.1 Å². The van der Waals surface area contributed by atoms with E-state index in [1.165, 1.54) is 16.3 Å². The third-order valence-corrected chi connectivity index (χ3v) is 2.66. The van der Waals surface area contributed by atoms with Crippen molar-refractivity contribution in [3.63, 3.8) is 0 Å². The van der Waals surface area contributed by atoms with Crippen LogP contribution in [0.5, 0.6) is 0 Å². The summed E-state index contributed by atoms with van der Waals surface area (Å²) in [6.45, 7) is 4.14. The molecule has 14 heavy (non-hydrogen) atoms. The van der Waals surface area contributed by atoms with Gasteiger partial charge in [-0.05, 0) is 37.6 Å². The van der Waals surface area contributed by atoms with E-state index >= 15 is 0 Å². The summed E-state index contributed by atoms with van der Waals surface area (Å²) in [5.74, 6) is 0. The van der Waals surface area contributed by atoms with E-state index in [0.29, 0.717) is 0 Å². The van der Waals surface area contributed by atoms with Gasteiger partial charge in [-0.1, -0.05) is 0 Å². The second-order valence-electron chi connectivity index (χ2n) is 3.73. The molecule has 0 aliphatic carbocycles. The van der Waals surface area contributed by atoms with E-state index < -0.39 is 0 Å². The summed E-state index contributed by atoms with van der Waals surface area (Å²) in [7, 11) is 0. The van der Waals surface area contributed by atoms with E-state index in [-0.39, 0.29) is 0 Å². The van der Waals surface area contributed by atoms with Crippen LogP contribution in [0.25, 0.3) is 12.2 Å². The molecule has 2 heteroatoms. The van der Waals surface area contributed by atoms with E-state index in [2.05, 4.69) is 29.1 Å². The Morgan fingerprint density at radius 1 is 1.21 bits per heavy atom. The Morgan fingerprint density at radius 2 is 2.07 bits per heavy atom. The van der Waals surface area contributed by atoms with E-state index in [9.17, 15) is 0 Å². The van der Waals surface area contributed by atoms with E-state index in [1.807, 2.05) is 19.2 Å². The Morgan fingerprint density at radius 3 is 2.93 bits per heavy atom. The highest BCUT2D eigenvalue weighted by molar-refractivity contribution is 6.13. The van der Waals surface area contributed by atoms with Crippen LogP contribution < -0.4 is 10.6 Å². The van der Waals surface area contributed by atoms with Gasteiger partial charge in [-0.25, -0.2) is 0 Å². The van der Waals surface area contributed by atoms with Crippen LogP contribution in [-0.4, -0.2) is 5.71 Å². The van der Waals surface area contributed by atoms with E-state index in [4.69, 9.17) is 0 Å². The van der Waals surface area contributed by atoms with Crippen LogP contribution in [0.2, 0.25) is 0 Å². The van der Waals surface area contributed by atoms with Crippen LogP contribution >= 0.6 is 0 Å². The van der Waals surface area contributed by atoms with Gasteiger partial charge in [0.1, 0.15) is 0 Å². The zero-order valence-electron chi connectivity index (χ0n) is 8.20. The van der Waals surface area contributed by atoms with Crippen LogP contribution in [0.15, 0.2) is 22.3 Å². The highest BCUT2D eigenvalue weighted by Crippen LogP contribution is 2.19. The molecule has 0 spiro atoms. The summed E-state index contributed by atoms with van der Waals surface area (Å²) in [5, 5.41) is 2.30. The molecular formula is C12H10N2. The predicted octanol–water partition coefficient (Wildman–Crippen LogP) is 1.49. The lowest BCUT2D eigenvalue weighted by molar-refractivity contribution is 1.30. The van der Waals surface area contributed by atoms with Crippen molar-refractivity contribution < 1.29 is 0 Å². The van der Waals surface area contributed by atoms with Gasteiger partial charge in [0.25, 0.3) is 0 Å². The molecule has 2 nitrogen and oxygen atoms in total. The Bertz CT molecular complexity index is 604. The fourth-order valence-corrected chi connectivity index (χ4v) is 2.00. The van der Waals surface area contributed by atoms with E-state index in [0.717, 1.165) is 16.8 Å². The smallest absolute Gasteiger partial charge is 0.0803 e. The molecule has 0 amide bonds. The number of hydrogen-bond donors (Lipinski definition) is 0. The number of hydrogen-bond acceptors (Lipinski definition) is 2. The zero-order valence-corrected chi connectivity index (χ0v) is 8.20. The molecule has 0 N–H and O–H groups in total. The SMILES string of the molecule is CC1=Nc2c3c(cc(C)c2=C1)=NC=C3. The van der Waals surface area contributed by atoms with Gasteiger partial charge < -0.3 is 0 Å². The first kappa shape index (κ1) is 7.68. The molecule has 2 heterocycles. The molecule has 0 fully saturated rings. The lowest BCUT2D eigenvalue weighted by atomic mass is 10.1. The summed E-state index contributed by atoms with van der Waals surface area (Å²) in [6, 6.07) is 2.12. The number of benzene rings is 1. The lowest BCUT2D eigenvalue weighted by Gasteiger charge is -1.99. The second kappa shape index (κ2) is 2.41. The van der Waals surface area contributed by atoms with Crippen molar-refractivity contribution in [2.75, 3.05) is 0 Å². The monoisotopic (exact) mass is 182 g/mol. The first-order valence-electron chi connectivity index (χ1n) is 4.71. The van der Waals surface area contributed by atoms with Crippen molar-refractivity contribution in [2.24, 2.45) is 9.98 Å². The number of aliphatic imine (C=N–C) groups is 1. The molecule has 1 aromatic rings. The maximum atomic E-state index is 4.53. The van der Waals surface area contributed by atoms with Crippen molar-refractivity contribution in [2.45, 2.75) is 13.8 Å². The minimum atomic E-state index is 1.05.